The molecule has 1 rings (SSSR count). The summed E-state index contributed by atoms with van der Waals surface area (Å²) in [5.74, 6) is 0.260. The topological polar surface area (TPSA) is 23.8 Å². The molecule has 0 amide bonds. The molecule has 0 heterocycles. The SMILES string of the molecule is N#CC(Cl)CSc1ccc(F)cc1. The van der Waals surface area contributed by atoms with E-state index in [-0.39, 0.29) is 5.82 Å². The summed E-state index contributed by atoms with van der Waals surface area (Å²) in [4.78, 5) is 0.919. The molecule has 0 saturated heterocycles. The standard InChI is InChI=1S/C9H7ClFNS/c10-7(5-12)6-13-9-3-1-8(11)2-4-9/h1-4,7H,6H2. The minimum absolute atomic E-state index is 0.257. The average molecular weight is 216 g/mol. The summed E-state index contributed by atoms with van der Waals surface area (Å²) in [7, 11) is 0. The van der Waals surface area contributed by atoms with Crippen LogP contribution in [-0.4, -0.2) is 11.1 Å². The van der Waals surface area contributed by atoms with Crippen LogP contribution in [0.4, 0.5) is 4.39 Å². The molecule has 68 valence electrons. The third-order valence-corrected chi connectivity index (χ3v) is 2.89. The van der Waals surface area contributed by atoms with E-state index in [1.165, 1.54) is 23.9 Å². The molecule has 0 aliphatic rings. The Kier molecular flexibility index (Phi) is 4.07. The number of halogens is 2. The van der Waals surface area contributed by atoms with Gasteiger partial charge in [0, 0.05) is 10.6 Å². The lowest BCUT2D eigenvalue weighted by molar-refractivity contribution is 0.626. The van der Waals surface area contributed by atoms with Crippen LogP contribution in [0, 0.1) is 17.1 Å². The van der Waals surface area contributed by atoms with E-state index in [4.69, 9.17) is 16.9 Å². The van der Waals surface area contributed by atoms with E-state index in [1.807, 2.05) is 6.07 Å². The lowest BCUT2D eigenvalue weighted by Gasteiger charge is -2.00. The van der Waals surface area contributed by atoms with Crippen molar-refractivity contribution in [1.82, 2.24) is 0 Å². The van der Waals surface area contributed by atoms with Gasteiger partial charge in [0.2, 0.25) is 0 Å². The van der Waals surface area contributed by atoms with Crippen molar-refractivity contribution in [2.45, 2.75) is 10.3 Å². The van der Waals surface area contributed by atoms with Gasteiger partial charge in [-0.15, -0.1) is 23.4 Å². The van der Waals surface area contributed by atoms with Crippen LogP contribution in [0.15, 0.2) is 29.2 Å². The summed E-state index contributed by atoms with van der Waals surface area (Å²) in [5.41, 5.74) is 0. The number of nitrogens with zero attached hydrogens (tertiary/aromatic N) is 1. The van der Waals surface area contributed by atoms with Gasteiger partial charge < -0.3 is 0 Å². The summed E-state index contributed by atoms with van der Waals surface area (Å²) >= 11 is 7.03. The van der Waals surface area contributed by atoms with Crippen LogP contribution in [0.25, 0.3) is 0 Å². The molecule has 4 heteroatoms. The molecule has 0 saturated carbocycles. The van der Waals surface area contributed by atoms with Gasteiger partial charge in [0.1, 0.15) is 11.2 Å². The Labute approximate surface area is 85.5 Å². The minimum atomic E-state index is -0.491. The fraction of sp³-hybridized carbons (Fsp3) is 0.222. The van der Waals surface area contributed by atoms with Gasteiger partial charge in [0.15, 0.2) is 0 Å². The molecule has 0 bridgehead atoms. The average Bonchev–Trinajstić information content (AvgIpc) is 2.16. The van der Waals surface area contributed by atoms with E-state index in [0.717, 1.165) is 4.90 Å². The molecule has 1 nitrogen and oxygen atoms in total. The lowest BCUT2D eigenvalue weighted by atomic mass is 10.4. The number of hydrogen-bond donors (Lipinski definition) is 0. The Hall–Kier alpha value is -0.720. The molecule has 0 aromatic heterocycles. The molecule has 0 fully saturated rings. The zero-order valence-electron chi connectivity index (χ0n) is 6.71. The van der Waals surface area contributed by atoms with E-state index in [0.29, 0.717) is 5.75 Å². The van der Waals surface area contributed by atoms with Gasteiger partial charge >= 0.3 is 0 Å². The van der Waals surface area contributed by atoms with E-state index < -0.39 is 5.38 Å². The Morgan fingerprint density at radius 3 is 2.62 bits per heavy atom. The van der Waals surface area contributed by atoms with Gasteiger partial charge in [-0.25, -0.2) is 4.39 Å². The van der Waals surface area contributed by atoms with Crippen LogP contribution in [0.3, 0.4) is 0 Å². The lowest BCUT2D eigenvalue weighted by Crippen LogP contribution is -1.96. The molecule has 0 N–H and O–H groups in total. The Morgan fingerprint density at radius 1 is 1.46 bits per heavy atom. The predicted molar refractivity (Wildman–Crippen MR) is 52.4 cm³/mol. The highest BCUT2D eigenvalue weighted by atomic mass is 35.5. The predicted octanol–water partition coefficient (Wildman–Crippen LogP) is 3.05. The summed E-state index contributed by atoms with van der Waals surface area (Å²) in [6.45, 7) is 0. The first-order valence-electron chi connectivity index (χ1n) is 3.64. The summed E-state index contributed by atoms with van der Waals surface area (Å²) in [6, 6.07) is 8.03. The van der Waals surface area contributed by atoms with Crippen molar-refractivity contribution in [3.8, 4) is 6.07 Å². The van der Waals surface area contributed by atoms with Crippen LogP contribution in [0.2, 0.25) is 0 Å². The molecule has 0 aliphatic carbocycles. The smallest absolute Gasteiger partial charge is 0.129 e. The Morgan fingerprint density at radius 2 is 2.08 bits per heavy atom. The Balaban J connectivity index is 2.47. The third-order valence-electron chi connectivity index (χ3n) is 1.35. The fourth-order valence-electron chi connectivity index (χ4n) is 0.737. The first-order valence-corrected chi connectivity index (χ1v) is 5.06. The second-order valence-corrected chi connectivity index (χ2v) is 3.98. The van der Waals surface area contributed by atoms with E-state index in [2.05, 4.69) is 0 Å². The highest BCUT2D eigenvalue weighted by Crippen LogP contribution is 2.20. The number of rotatable bonds is 3. The van der Waals surface area contributed by atoms with Crippen molar-refractivity contribution in [3.05, 3.63) is 30.1 Å². The van der Waals surface area contributed by atoms with Crippen molar-refractivity contribution in [2.24, 2.45) is 0 Å². The summed E-state index contributed by atoms with van der Waals surface area (Å²) in [5, 5.41) is 7.91. The normalized spacial score (nSPS) is 12.1. The van der Waals surface area contributed by atoms with Gasteiger partial charge in [0.05, 0.1) is 6.07 Å². The summed E-state index contributed by atoms with van der Waals surface area (Å²) < 4.78 is 12.5. The molecule has 0 spiro atoms. The largest absolute Gasteiger partial charge is 0.207 e. The number of benzene rings is 1. The molecule has 1 atom stereocenters. The van der Waals surface area contributed by atoms with Crippen molar-refractivity contribution in [2.75, 3.05) is 5.75 Å². The van der Waals surface area contributed by atoms with Gasteiger partial charge in [0.25, 0.3) is 0 Å². The number of thioether (sulfide) groups is 1. The molecular formula is C9H7ClFNS. The van der Waals surface area contributed by atoms with Crippen molar-refractivity contribution >= 4 is 23.4 Å². The molecular weight excluding hydrogens is 209 g/mol. The first kappa shape index (κ1) is 10.4. The zero-order chi connectivity index (χ0) is 9.68. The highest BCUT2D eigenvalue weighted by Gasteiger charge is 2.02. The Bertz CT molecular complexity index is 306. The number of hydrogen-bond acceptors (Lipinski definition) is 2. The molecule has 1 aromatic carbocycles. The van der Waals surface area contributed by atoms with Crippen LogP contribution >= 0.6 is 23.4 Å². The number of alkyl halides is 1. The maximum Gasteiger partial charge on any atom is 0.129 e. The maximum absolute atomic E-state index is 12.5. The molecule has 0 radical (unpaired) electrons. The van der Waals surface area contributed by atoms with Crippen LogP contribution in [0.1, 0.15) is 0 Å². The molecule has 13 heavy (non-hydrogen) atoms. The van der Waals surface area contributed by atoms with Crippen LogP contribution in [0.5, 0.6) is 0 Å². The highest BCUT2D eigenvalue weighted by molar-refractivity contribution is 7.99. The minimum Gasteiger partial charge on any atom is -0.207 e. The van der Waals surface area contributed by atoms with Gasteiger partial charge in [-0.2, -0.15) is 5.26 Å². The van der Waals surface area contributed by atoms with Gasteiger partial charge in [-0.3, -0.25) is 0 Å². The van der Waals surface area contributed by atoms with Gasteiger partial charge in [-0.05, 0) is 24.3 Å². The van der Waals surface area contributed by atoms with Crippen molar-refractivity contribution in [3.63, 3.8) is 0 Å². The van der Waals surface area contributed by atoms with Crippen LogP contribution < -0.4 is 0 Å². The quantitative estimate of drug-likeness (QED) is 0.572. The number of nitriles is 1. The fourth-order valence-corrected chi connectivity index (χ4v) is 1.67. The van der Waals surface area contributed by atoms with Crippen molar-refractivity contribution < 1.29 is 4.39 Å². The third kappa shape index (κ3) is 3.67. The van der Waals surface area contributed by atoms with Crippen molar-refractivity contribution in [1.29, 1.82) is 5.26 Å². The van der Waals surface area contributed by atoms with Crippen LogP contribution in [-0.2, 0) is 0 Å². The van der Waals surface area contributed by atoms with Gasteiger partial charge in [-0.1, -0.05) is 0 Å². The van der Waals surface area contributed by atoms with E-state index in [1.54, 1.807) is 12.1 Å². The monoisotopic (exact) mass is 215 g/mol. The molecule has 1 aromatic rings. The zero-order valence-corrected chi connectivity index (χ0v) is 8.28. The summed E-state index contributed by atoms with van der Waals surface area (Å²) in [6.07, 6.45) is 0. The molecule has 1 unspecified atom stereocenters. The van der Waals surface area contributed by atoms with E-state index >= 15 is 0 Å². The van der Waals surface area contributed by atoms with E-state index in [9.17, 15) is 4.39 Å². The second kappa shape index (κ2) is 5.11. The maximum atomic E-state index is 12.5. The first-order chi connectivity index (χ1) is 6.22. The second-order valence-electron chi connectivity index (χ2n) is 2.36. The molecule has 0 aliphatic heterocycles.